The van der Waals surface area contributed by atoms with Crippen LogP contribution >= 0.6 is 0 Å². The normalized spacial score (nSPS) is 16.3. The number of rotatable bonds is 5. The third-order valence-corrected chi connectivity index (χ3v) is 6.37. The quantitative estimate of drug-likeness (QED) is 0.784. The van der Waals surface area contributed by atoms with Crippen LogP contribution in [0.3, 0.4) is 0 Å². The minimum Gasteiger partial charge on any atom is -0.399 e. The smallest absolute Gasteiger partial charge is 0.251 e. The van der Waals surface area contributed by atoms with Gasteiger partial charge in [-0.05, 0) is 36.6 Å². The van der Waals surface area contributed by atoms with Crippen molar-refractivity contribution in [1.29, 1.82) is 0 Å². The first kappa shape index (κ1) is 18.4. The number of hydrogen-bond donors (Lipinski definition) is 2. The van der Waals surface area contributed by atoms with Crippen molar-refractivity contribution >= 4 is 21.6 Å². The summed E-state index contributed by atoms with van der Waals surface area (Å²) in [5, 5.41) is 2.97. The first-order chi connectivity index (χ1) is 12.4. The van der Waals surface area contributed by atoms with Gasteiger partial charge in [0.05, 0.1) is 5.75 Å². The second-order valence-electron chi connectivity index (χ2n) is 6.51. The lowest BCUT2D eigenvalue weighted by atomic mass is 10.1. The molecule has 7 heteroatoms. The molecule has 26 heavy (non-hydrogen) atoms. The average molecular weight is 373 g/mol. The number of nitrogens with zero attached hydrogens (tertiary/aromatic N) is 1. The molecule has 0 atom stereocenters. The molecular formula is C19H23N3O3S. The number of benzene rings is 2. The second-order valence-corrected chi connectivity index (χ2v) is 8.48. The Morgan fingerprint density at radius 3 is 2.42 bits per heavy atom. The summed E-state index contributed by atoms with van der Waals surface area (Å²) in [6.45, 7) is 0.827. The van der Waals surface area contributed by atoms with Gasteiger partial charge in [-0.15, -0.1) is 0 Å². The number of piperidine rings is 1. The molecule has 1 heterocycles. The van der Waals surface area contributed by atoms with E-state index in [0.717, 1.165) is 5.56 Å². The van der Waals surface area contributed by atoms with Crippen LogP contribution in [0.1, 0.15) is 28.8 Å². The van der Waals surface area contributed by atoms with Crippen molar-refractivity contribution in [3.05, 3.63) is 65.7 Å². The Kier molecular flexibility index (Phi) is 5.58. The fourth-order valence-corrected chi connectivity index (χ4v) is 4.67. The Morgan fingerprint density at radius 1 is 1.08 bits per heavy atom. The largest absolute Gasteiger partial charge is 0.399 e. The fraction of sp³-hybridized carbons (Fsp3) is 0.316. The van der Waals surface area contributed by atoms with Crippen LogP contribution in [0, 0.1) is 0 Å². The van der Waals surface area contributed by atoms with Gasteiger partial charge in [0.15, 0.2) is 0 Å². The van der Waals surface area contributed by atoms with Crippen LogP contribution < -0.4 is 11.1 Å². The molecule has 2 aromatic carbocycles. The van der Waals surface area contributed by atoms with E-state index in [1.54, 1.807) is 24.3 Å². The van der Waals surface area contributed by atoms with E-state index in [0.29, 0.717) is 37.2 Å². The highest BCUT2D eigenvalue weighted by atomic mass is 32.2. The molecule has 1 saturated heterocycles. The average Bonchev–Trinajstić information content (AvgIpc) is 2.62. The zero-order chi connectivity index (χ0) is 18.6. The maximum absolute atomic E-state index is 12.6. The van der Waals surface area contributed by atoms with Gasteiger partial charge in [0.25, 0.3) is 5.91 Å². The molecule has 1 amide bonds. The predicted molar refractivity (Wildman–Crippen MR) is 102 cm³/mol. The number of amides is 1. The number of hydrogen-bond acceptors (Lipinski definition) is 4. The van der Waals surface area contributed by atoms with Gasteiger partial charge in [-0.2, -0.15) is 0 Å². The third kappa shape index (κ3) is 4.62. The Bertz CT molecular complexity index is 861. The van der Waals surface area contributed by atoms with Crippen LogP contribution in [-0.2, 0) is 15.8 Å². The molecule has 0 radical (unpaired) electrons. The van der Waals surface area contributed by atoms with Gasteiger partial charge in [-0.1, -0.05) is 36.4 Å². The first-order valence-electron chi connectivity index (χ1n) is 8.62. The topological polar surface area (TPSA) is 92.5 Å². The summed E-state index contributed by atoms with van der Waals surface area (Å²) >= 11 is 0. The van der Waals surface area contributed by atoms with E-state index in [-0.39, 0.29) is 17.7 Å². The van der Waals surface area contributed by atoms with Crippen molar-refractivity contribution in [3.63, 3.8) is 0 Å². The van der Waals surface area contributed by atoms with Crippen molar-refractivity contribution in [2.45, 2.75) is 24.6 Å². The molecule has 0 aromatic heterocycles. The van der Waals surface area contributed by atoms with Gasteiger partial charge in [-0.25, -0.2) is 12.7 Å². The van der Waals surface area contributed by atoms with E-state index in [1.807, 2.05) is 30.3 Å². The molecule has 0 aliphatic carbocycles. The molecule has 1 fully saturated rings. The predicted octanol–water partition coefficient (Wildman–Crippen LogP) is 1.99. The second kappa shape index (κ2) is 7.88. The van der Waals surface area contributed by atoms with Gasteiger partial charge in [-0.3, -0.25) is 4.79 Å². The van der Waals surface area contributed by atoms with E-state index < -0.39 is 10.0 Å². The first-order valence-corrected chi connectivity index (χ1v) is 10.2. The van der Waals surface area contributed by atoms with E-state index in [2.05, 4.69) is 5.32 Å². The number of sulfonamides is 1. The van der Waals surface area contributed by atoms with Crippen LogP contribution in [0.5, 0.6) is 0 Å². The third-order valence-electron chi connectivity index (χ3n) is 4.52. The van der Waals surface area contributed by atoms with E-state index in [1.165, 1.54) is 4.31 Å². The zero-order valence-corrected chi connectivity index (χ0v) is 15.3. The zero-order valence-electron chi connectivity index (χ0n) is 14.5. The monoisotopic (exact) mass is 373 g/mol. The molecule has 6 nitrogen and oxygen atoms in total. The molecule has 0 bridgehead atoms. The standard InChI is InChI=1S/C19H23N3O3S/c20-17-8-4-7-16(13-17)19(23)21-18-9-11-22(12-10-18)26(24,25)14-15-5-2-1-3-6-15/h1-8,13,18H,9-12,14,20H2,(H,21,23). The molecule has 0 spiro atoms. The molecule has 1 aliphatic heterocycles. The lowest BCUT2D eigenvalue weighted by molar-refractivity contribution is 0.0924. The summed E-state index contributed by atoms with van der Waals surface area (Å²) in [4.78, 5) is 12.3. The van der Waals surface area contributed by atoms with Gasteiger partial charge in [0.1, 0.15) is 0 Å². The van der Waals surface area contributed by atoms with Crippen LogP contribution in [0.25, 0.3) is 0 Å². The molecule has 138 valence electrons. The highest BCUT2D eigenvalue weighted by Gasteiger charge is 2.28. The van der Waals surface area contributed by atoms with Crippen LogP contribution in [0.2, 0.25) is 0 Å². The molecule has 1 aliphatic rings. The van der Waals surface area contributed by atoms with Gasteiger partial charge >= 0.3 is 0 Å². The Labute approximate surface area is 154 Å². The van der Waals surface area contributed by atoms with Gasteiger partial charge in [0, 0.05) is 30.4 Å². The number of nitrogen functional groups attached to an aromatic ring is 1. The Balaban J connectivity index is 1.54. The Morgan fingerprint density at radius 2 is 1.77 bits per heavy atom. The highest BCUT2D eigenvalue weighted by molar-refractivity contribution is 7.88. The number of nitrogens with two attached hydrogens (primary N) is 1. The minimum atomic E-state index is -3.34. The number of carbonyl (C=O) groups is 1. The van der Waals surface area contributed by atoms with Crippen LogP contribution in [0.15, 0.2) is 54.6 Å². The number of carbonyl (C=O) groups excluding carboxylic acids is 1. The van der Waals surface area contributed by atoms with E-state index in [9.17, 15) is 13.2 Å². The molecule has 3 N–H and O–H groups in total. The van der Waals surface area contributed by atoms with Gasteiger partial charge < -0.3 is 11.1 Å². The summed E-state index contributed by atoms with van der Waals surface area (Å²) in [5.41, 5.74) is 7.55. The summed E-state index contributed by atoms with van der Waals surface area (Å²) in [5.74, 6) is -0.170. The highest BCUT2D eigenvalue weighted by Crippen LogP contribution is 2.18. The van der Waals surface area contributed by atoms with Crippen molar-refractivity contribution in [3.8, 4) is 0 Å². The lowest BCUT2D eigenvalue weighted by Crippen LogP contribution is -2.46. The summed E-state index contributed by atoms with van der Waals surface area (Å²) in [6, 6.07) is 15.9. The van der Waals surface area contributed by atoms with Gasteiger partial charge in [0.2, 0.25) is 10.0 Å². The molecule has 3 rings (SSSR count). The number of anilines is 1. The minimum absolute atomic E-state index is 0.00809. The maximum Gasteiger partial charge on any atom is 0.251 e. The Hall–Kier alpha value is -2.38. The summed E-state index contributed by atoms with van der Waals surface area (Å²) in [7, 11) is -3.34. The van der Waals surface area contributed by atoms with Crippen molar-refractivity contribution < 1.29 is 13.2 Å². The summed E-state index contributed by atoms with van der Waals surface area (Å²) in [6.07, 6.45) is 1.20. The molecule has 0 saturated carbocycles. The van der Waals surface area contributed by atoms with E-state index in [4.69, 9.17) is 5.73 Å². The SMILES string of the molecule is Nc1cccc(C(=O)NC2CCN(S(=O)(=O)Cc3ccccc3)CC2)c1. The van der Waals surface area contributed by atoms with E-state index >= 15 is 0 Å². The lowest BCUT2D eigenvalue weighted by Gasteiger charge is -2.31. The molecule has 0 unspecified atom stereocenters. The van der Waals surface area contributed by atoms with Crippen molar-refractivity contribution in [2.75, 3.05) is 18.8 Å². The van der Waals surface area contributed by atoms with Crippen molar-refractivity contribution in [1.82, 2.24) is 9.62 Å². The fourth-order valence-electron chi connectivity index (χ4n) is 3.10. The molecule has 2 aromatic rings. The number of nitrogens with one attached hydrogen (secondary N) is 1. The van der Waals surface area contributed by atoms with Crippen LogP contribution in [0.4, 0.5) is 5.69 Å². The van der Waals surface area contributed by atoms with Crippen LogP contribution in [-0.4, -0.2) is 37.8 Å². The van der Waals surface area contributed by atoms with Crippen molar-refractivity contribution in [2.24, 2.45) is 0 Å². The summed E-state index contributed by atoms with van der Waals surface area (Å²) < 4.78 is 26.7. The molecular weight excluding hydrogens is 350 g/mol. The maximum atomic E-state index is 12.6.